The van der Waals surface area contributed by atoms with E-state index in [4.69, 9.17) is 0 Å². The summed E-state index contributed by atoms with van der Waals surface area (Å²) in [7, 11) is 1.83. The van der Waals surface area contributed by atoms with Gasteiger partial charge in [-0.05, 0) is 74.9 Å². The van der Waals surface area contributed by atoms with Crippen LogP contribution in [0.1, 0.15) is 48.0 Å². The van der Waals surface area contributed by atoms with Crippen molar-refractivity contribution < 1.29 is 9.59 Å². The number of anilines is 2. The molecule has 2 aromatic rings. The molecule has 2 fully saturated rings. The zero-order valence-electron chi connectivity index (χ0n) is 20.2. The van der Waals surface area contributed by atoms with Crippen LogP contribution in [0, 0.1) is 5.92 Å². The van der Waals surface area contributed by atoms with Gasteiger partial charge in [0.05, 0.1) is 11.4 Å². The van der Waals surface area contributed by atoms with Gasteiger partial charge in [-0.2, -0.15) is 0 Å². The van der Waals surface area contributed by atoms with Crippen LogP contribution in [0.25, 0.3) is 0 Å². The lowest BCUT2D eigenvalue weighted by atomic mass is 9.90. The zero-order chi connectivity index (χ0) is 23.5. The Hall–Kier alpha value is -2.86. The van der Waals surface area contributed by atoms with Gasteiger partial charge in [-0.25, -0.2) is 0 Å². The third-order valence-corrected chi connectivity index (χ3v) is 7.86. The van der Waals surface area contributed by atoms with Crippen LogP contribution in [0.5, 0.6) is 0 Å². The summed E-state index contributed by atoms with van der Waals surface area (Å²) in [5.74, 6) is 0.816. The van der Waals surface area contributed by atoms with Crippen LogP contribution in [-0.4, -0.2) is 62.5 Å². The molecule has 180 valence electrons. The highest BCUT2D eigenvalue weighted by Crippen LogP contribution is 2.39. The summed E-state index contributed by atoms with van der Waals surface area (Å²) in [4.78, 5) is 32.1. The molecule has 2 aromatic carbocycles. The fourth-order valence-corrected chi connectivity index (χ4v) is 5.81. The third kappa shape index (κ3) is 4.97. The number of nitrogens with zero attached hydrogens (tertiary/aromatic N) is 3. The second-order valence-electron chi connectivity index (χ2n) is 10.1. The molecular formula is C28H36N4O2. The van der Waals surface area contributed by atoms with Crippen LogP contribution in [0.2, 0.25) is 0 Å². The molecular weight excluding hydrogens is 424 g/mol. The number of nitrogens with one attached hydrogen (secondary N) is 1. The first-order valence-corrected chi connectivity index (χ1v) is 12.8. The Morgan fingerprint density at radius 2 is 1.79 bits per heavy atom. The quantitative estimate of drug-likeness (QED) is 0.714. The minimum Gasteiger partial charge on any atom is -0.366 e. The molecule has 0 unspecified atom stereocenters. The van der Waals surface area contributed by atoms with Gasteiger partial charge in [-0.1, -0.05) is 30.3 Å². The maximum atomic E-state index is 12.9. The molecule has 6 nitrogen and oxygen atoms in total. The SMILES string of the molecule is CN1C(=O)C[C@H]2CCCN2c2ccc(C(=O)NCCN3CCC(Cc4ccccc4)CC3)cc21. The van der Waals surface area contributed by atoms with E-state index in [9.17, 15) is 9.59 Å². The summed E-state index contributed by atoms with van der Waals surface area (Å²) in [6.07, 6.45) is 6.32. The lowest BCUT2D eigenvalue weighted by Crippen LogP contribution is -2.40. The van der Waals surface area contributed by atoms with E-state index < -0.39 is 0 Å². The second-order valence-corrected chi connectivity index (χ2v) is 10.1. The molecule has 0 bridgehead atoms. The fraction of sp³-hybridized carbons (Fsp3) is 0.500. The first-order valence-electron chi connectivity index (χ1n) is 12.8. The maximum absolute atomic E-state index is 12.9. The molecule has 3 heterocycles. The van der Waals surface area contributed by atoms with E-state index in [2.05, 4.69) is 45.4 Å². The molecule has 2 amide bonds. The number of carbonyl (C=O) groups excluding carboxylic acids is 2. The molecule has 0 aliphatic carbocycles. The number of fused-ring (bicyclic) bond motifs is 3. The minimum atomic E-state index is -0.0650. The van der Waals surface area contributed by atoms with Crippen LogP contribution in [0.3, 0.4) is 0 Å². The van der Waals surface area contributed by atoms with Crippen LogP contribution >= 0.6 is 0 Å². The van der Waals surface area contributed by atoms with Gasteiger partial charge in [-0.3, -0.25) is 9.59 Å². The van der Waals surface area contributed by atoms with E-state index in [1.807, 2.05) is 25.2 Å². The van der Waals surface area contributed by atoms with Crippen molar-refractivity contribution in [2.75, 3.05) is 49.6 Å². The highest BCUT2D eigenvalue weighted by molar-refractivity contribution is 6.02. The molecule has 2 saturated heterocycles. The second kappa shape index (κ2) is 10.2. The number of hydrogen-bond acceptors (Lipinski definition) is 4. The Morgan fingerprint density at radius 3 is 2.59 bits per heavy atom. The van der Waals surface area contributed by atoms with Gasteiger partial charge in [0.2, 0.25) is 5.91 Å². The smallest absolute Gasteiger partial charge is 0.251 e. The molecule has 3 aliphatic rings. The summed E-state index contributed by atoms with van der Waals surface area (Å²) < 4.78 is 0. The van der Waals surface area contributed by atoms with Gasteiger partial charge in [0.15, 0.2) is 0 Å². The molecule has 1 N–H and O–H groups in total. The molecule has 0 aromatic heterocycles. The molecule has 34 heavy (non-hydrogen) atoms. The molecule has 0 radical (unpaired) electrons. The summed E-state index contributed by atoms with van der Waals surface area (Å²) in [5.41, 5.74) is 3.98. The van der Waals surface area contributed by atoms with E-state index in [1.54, 1.807) is 4.90 Å². The monoisotopic (exact) mass is 460 g/mol. The fourth-order valence-electron chi connectivity index (χ4n) is 5.81. The van der Waals surface area contributed by atoms with Crippen molar-refractivity contribution in [3.05, 3.63) is 59.7 Å². The summed E-state index contributed by atoms with van der Waals surface area (Å²) in [6.45, 7) is 4.68. The summed E-state index contributed by atoms with van der Waals surface area (Å²) in [6, 6.07) is 16.9. The number of piperidine rings is 1. The average molecular weight is 461 g/mol. The van der Waals surface area contributed by atoms with E-state index >= 15 is 0 Å². The molecule has 6 heteroatoms. The van der Waals surface area contributed by atoms with Crippen molar-refractivity contribution in [2.45, 2.75) is 44.6 Å². The van der Waals surface area contributed by atoms with Gasteiger partial charge >= 0.3 is 0 Å². The van der Waals surface area contributed by atoms with Crippen molar-refractivity contribution in [3.8, 4) is 0 Å². The van der Waals surface area contributed by atoms with Gasteiger partial charge in [0.25, 0.3) is 5.91 Å². The Labute approximate surface area is 202 Å². The molecule has 5 rings (SSSR count). The third-order valence-electron chi connectivity index (χ3n) is 7.86. The van der Waals surface area contributed by atoms with Crippen molar-refractivity contribution in [2.24, 2.45) is 5.92 Å². The van der Waals surface area contributed by atoms with Crippen molar-refractivity contribution in [3.63, 3.8) is 0 Å². The van der Waals surface area contributed by atoms with Crippen molar-refractivity contribution >= 4 is 23.2 Å². The van der Waals surface area contributed by atoms with Crippen molar-refractivity contribution in [1.29, 1.82) is 0 Å². The predicted octanol–water partition coefficient (Wildman–Crippen LogP) is 3.71. The van der Waals surface area contributed by atoms with Gasteiger partial charge < -0.3 is 20.0 Å². The number of carbonyl (C=O) groups is 2. The lowest BCUT2D eigenvalue weighted by molar-refractivity contribution is -0.118. The largest absolute Gasteiger partial charge is 0.366 e. The topological polar surface area (TPSA) is 55.9 Å². The standard InChI is InChI=1S/C28H36N4O2/c1-30-26-19-23(9-10-25(26)32-14-5-8-24(32)20-27(30)33)28(34)29-13-17-31-15-11-22(12-16-31)18-21-6-3-2-4-7-21/h2-4,6-7,9-10,19,22,24H,5,8,11-18,20H2,1H3,(H,29,34)/t24-/m1/s1. The van der Waals surface area contributed by atoms with Gasteiger partial charge in [0.1, 0.15) is 0 Å². The highest BCUT2D eigenvalue weighted by atomic mass is 16.2. The lowest BCUT2D eigenvalue weighted by Gasteiger charge is -2.32. The normalized spacial score (nSPS) is 21.2. The van der Waals surface area contributed by atoms with Crippen LogP contribution in [0.4, 0.5) is 11.4 Å². The molecule has 0 spiro atoms. The van der Waals surface area contributed by atoms with E-state index in [0.29, 0.717) is 18.5 Å². The highest BCUT2D eigenvalue weighted by Gasteiger charge is 2.34. The van der Waals surface area contributed by atoms with E-state index in [0.717, 1.165) is 56.3 Å². The van der Waals surface area contributed by atoms with Gasteiger partial charge in [-0.15, -0.1) is 0 Å². The number of rotatable bonds is 6. The number of benzene rings is 2. The average Bonchev–Trinajstić information content (AvgIpc) is 3.29. The summed E-state index contributed by atoms with van der Waals surface area (Å²) >= 11 is 0. The van der Waals surface area contributed by atoms with E-state index in [1.165, 1.54) is 24.8 Å². The minimum absolute atomic E-state index is 0.0650. The van der Waals surface area contributed by atoms with Gasteiger partial charge in [0, 0.05) is 44.7 Å². The number of likely N-dealkylation sites (tertiary alicyclic amines) is 1. The first kappa shape index (κ1) is 22.9. The van der Waals surface area contributed by atoms with E-state index in [-0.39, 0.29) is 17.9 Å². The first-order chi connectivity index (χ1) is 16.6. The van der Waals surface area contributed by atoms with Crippen LogP contribution < -0.4 is 15.1 Å². The predicted molar refractivity (Wildman–Crippen MR) is 136 cm³/mol. The van der Waals surface area contributed by atoms with Crippen LogP contribution in [-0.2, 0) is 11.2 Å². The number of amides is 2. The maximum Gasteiger partial charge on any atom is 0.251 e. The summed E-state index contributed by atoms with van der Waals surface area (Å²) in [5, 5.41) is 3.09. The van der Waals surface area contributed by atoms with Crippen molar-refractivity contribution in [1.82, 2.24) is 10.2 Å². The Morgan fingerprint density at radius 1 is 1.00 bits per heavy atom. The van der Waals surface area contributed by atoms with Crippen LogP contribution in [0.15, 0.2) is 48.5 Å². The zero-order valence-corrected chi connectivity index (χ0v) is 20.2. The molecule has 3 aliphatic heterocycles. The molecule has 0 saturated carbocycles. The Kier molecular flexibility index (Phi) is 6.86. The molecule has 1 atom stereocenters. The number of hydrogen-bond donors (Lipinski definition) is 1. The Bertz CT molecular complexity index is 1020. The Balaban J connectivity index is 1.12.